The fraction of sp³-hybridized carbons (Fsp3) is 0.300. The summed E-state index contributed by atoms with van der Waals surface area (Å²) >= 11 is 0. The highest BCUT2D eigenvalue weighted by molar-refractivity contribution is 5.88. The van der Waals surface area contributed by atoms with Crippen molar-refractivity contribution in [2.45, 2.75) is 38.0 Å². The molecule has 3 nitrogen and oxygen atoms in total. The molecule has 1 fully saturated rings. The van der Waals surface area contributed by atoms with Crippen LogP contribution in [0.1, 0.15) is 53.9 Å². The molecule has 4 heteroatoms. The molecule has 1 aliphatic carbocycles. The van der Waals surface area contributed by atoms with E-state index in [2.05, 4.69) is 11.2 Å². The van der Waals surface area contributed by atoms with E-state index in [1.165, 1.54) is 55.2 Å². The zero-order valence-corrected chi connectivity index (χ0v) is 13.4. The SMILES string of the molecule is O=Cc1cc(F)ccc1-n1cc(C2CCCCC2)c2ccncc21. The predicted octanol–water partition coefficient (Wildman–Crippen LogP) is 5.02. The molecule has 1 aliphatic rings. The Morgan fingerprint density at radius 3 is 2.79 bits per heavy atom. The predicted molar refractivity (Wildman–Crippen MR) is 92.2 cm³/mol. The Morgan fingerprint density at radius 1 is 1.17 bits per heavy atom. The van der Waals surface area contributed by atoms with Crippen LogP contribution < -0.4 is 0 Å². The van der Waals surface area contributed by atoms with Crippen molar-refractivity contribution in [2.75, 3.05) is 0 Å². The third-order valence-corrected chi connectivity index (χ3v) is 5.06. The number of pyridine rings is 1. The van der Waals surface area contributed by atoms with Crippen LogP contribution in [0.25, 0.3) is 16.6 Å². The van der Waals surface area contributed by atoms with Gasteiger partial charge in [0.25, 0.3) is 0 Å². The highest BCUT2D eigenvalue weighted by Crippen LogP contribution is 2.38. The number of hydrogen-bond donors (Lipinski definition) is 0. The Hall–Kier alpha value is -2.49. The first-order chi connectivity index (χ1) is 11.8. The summed E-state index contributed by atoms with van der Waals surface area (Å²) in [6, 6.07) is 6.38. The summed E-state index contributed by atoms with van der Waals surface area (Å²) in [5.74, 6) is 0.146. The van der Waals surface area contributed by atoms with Gasteiger partial charge in [0.05, 0.1) is 17.4 Å². The summed E-state index contributed by atoms with van der Waals surface area (Å²) in [5, 5.41) is 1.18. The maximum atomic E-state index is 13.5. The molecule has 0 N–H and O–H groups in total. The molecule has 0 atom stereocenters. The molecule has 0 aliphatic heterocycles. The van der Waals surface area contributed by atoms with Crippen molar-refractivity contribution in [3.63, 3.8) is 0 Å². The molecule has 0 amide bonds. The summed E-state index contributed by atoms with van der Waals surface area (Å²) in [6.07, 6.45) is 12.7. The molecule has 0 radical (unpaired) electrons. The standard InChI is InChI=1S/C20H19FN2O/c21-16-6-7-19(15(10-16)13-24)23-12-18(14-4-2-1-3-5-14)17-8-9-22-11-20(17)23/h6-14H,1-5H2. The van der Waals surface area contributed by atoms with Crippen LogP contribution in [0.2, 0.25) is 0 Å². The van der Waals surface area contributed by atoms with E-state index in [1.54, 1.807) is 6.07 Å². The third-order valence-electron chi connectivity index (χ3n) is 5.06. The topological polar surface area (TPSA) is 34.9 Å². The largest absolute Gasteiger partial charge is 0.314 e. The van der Waals surface area contributed by atoms with Crippen LogP contribution >= 0.6 is 0 Å². The molecule has 1 saturated carbocycles. The summed E-state index contributed by atoms with van der Waals surface area (Å²) in [4.78, 5) is 15.6. The molecule has 122 valence electrons. The number of carbonyl (C=O) groups excluding carboxylic acids is 1. The van der Waals surface area contributed by atoms with E-state index in [0.29, 0.717) is 23.5 Å². The first-order valence-electron chi connectivity index (χ1n) is 8.48. The van der Waals surface area contributed by atoms with Crippen molar-refractivity contribution in [3.8, 4) is 5.69 Å². The minimum Gasteiger partial charge on any atom is -0.314 e. The quantitative estimate of drug-likeness (QED) is 0.634. The second-order valence-electron chi connectivity index (χ2n) is 6.50. The van der Waals surface area contributed by atoms with Gasteiger partial charge in [-0.05, 0) is 48.6 Å². The van der Waals surface area contributed by atoms with Crippen molar-refractivity contribution in [1.29, 1.82) is 0 Å². The number of benzene rings is 1. The molecular formula is C20H19FN2O. The number of rotatable bonds is 3. The van der Waals surface area contributed by atoms with Crippen molar-refractivity contribution >= 4 is 17.2 Å². The summed E-state index contributed by atoms with van der Waals surface area (Å²) in [5.41, 5.74) is 3.33. The monoisotopic (exact) mass is 322 g/mol. The number of hydrogen-bond acceptors (Lipinski definition) is 2. The smallest absolute Gasteiger partial charge is 0.152 e. The number of fused-ring (bicyclic) bond motifs is 1. The van der Waals surface area contributed by atoms with Crippen LogP contribution in [0.5, 0.6) is 0 Å². The number of carbonyl (C=O) groups is 1. The lowest BCUT2D eigenvalue weighted by atomic mass is 9.84. The fourth-order valence-corrected chi connectivity index (χ4v) is 3.88. The van der Waals surface area contributed by atoms with E-state index in [4.69, 9.17) is 0 Å². The Bertz CT molecular complexity index is 894. The van der Waals surface area contributed by atoms with Gasteiger partial charge in [-0.15, -0.1) is 0 Å². The maximum Gasteiger partial charge on any atom is 0.152 e. The minimum absolute atomic E-state index is 0.353. The molecule has 2 aromatic heterocycles. The average Bonchev–Trinajstić information content (AvgIpc) is 3.02. The van der Waals surface area contributed by atoms with E-state index in [9.17, 15) is 9.18 Å². The number of aldehydes is 1. The maximum absolute atomic E-state index is 13.5. The van der Waals surface area contributed by atoms with Gasteiger partial charge in [-0.2, -0.15) is 0 Å². The molecule has 0 unspecified atom stereocenters. The van der Waals surface area contributed by atoms with E-state index in [-0.39, 0.29) is 0 Å². The van der Waals surface area contributed by atoms with E-state index in [1.807, 2.05) is 23.0 Å². The first-order valence-corrected chi connectivity index (χ1v) is 8.48. The van der Waals surface area contributed by atoms with Crippen molar-refractivity contribution in [3.05, 3.63) is 59.8 Å². The van der Waals surface area contributed by atoms with Crippen molar-refractivity contribution < 1.29 is 9.18 Å². The first kappa shape index (κ1) is 15.1. The second kappa shape index (κ2) is 6.19. The van der Waals surface area contributed by atoms with Crippen molar-refractivity contribution in [1.82, 2.24) is 9.55 Å². The Labute approximate surface area is 140 Å². The van der Waals surface area contributed by atoms with Crippen LogP contribution in [0.4, 0.5) is 4.39 Å². The Balaban J connectivity index is 1.92. The van der Waals surface area contributed by atoms with Crippen LogP contribution in [0.15, 0.2) is 42.9 Å². The minimum atomic E-state index is -0.400. The highest BCUT2D eigenvalue weighted by Gasteiger charge is 2.21. The van der Waals surface area contributed by atoms with E-state index >= 15 is 0 Å². The third kappa shape index (κ3) is 2.52. The van der Waals surface area contributed by atoms with Crippen LogP contribution in [0.3, 0.4) is 0 Å². The Morgan fingerprint density at radius 2 is 2.00 bits per heavy atom. The van der Waals surface area contributed by atoms with Crippen LogP contribution in [-0.4, -0.2) is 15.8 Å². The lowest BCUT2D eigenvalue weighted by Crippen LogP contribution is -2.04. The number of nitrogens with zero attached hydrogens (tertiary/aromatic N) is 2. The summed E-state index contributed by atoms with van der Waals surface area (Å²) in [7, 11) is 0. The molecule has 3 aromatic rings. The molecule has 1 aromatic carbocycles. The van der Waals surface area contributed by atoms with Gasteiger partial charge in [-0.25, -0.2) is 4.39 Å². The number of aromatic nitrogens is 2. The molecule has 0 spiro atoms. The average molecular weight is 322 g/mol. The van der Waals surface area contributed by atoms with Crippen LogP contribution in [-0.2, 0) is 0 Å². The molecular weight excluding hydrogens is 303 g/mol. The van der Waals surface area contributed by atoms with Gasteiger partial charge in [-0.1, -0.05) is 19.3 Å². The molecule has 0 saturated heterocycles. The Kier molecular flexibility index (Phi) is 3.89. The van der Waals surface area contributed by atoms with Gasteiger partial charge in [0, 0.05) is 23.3 Å². The molecule has 2 heterocycles. The fourth-order valence-electron chi connectivity index (χ4n) is 3.88. The lowest BCUT2D eigenvalue weighted by Gasteiger charge is -2.21. The highest BCUT2D eigenvalue weighted by atomic mass is 19.1. The van der Waals surface area contributed by atoms with Gasteiger partial charge in [-0.3, -0.25) is 9.78 Å². The van der Waals surface area contributed by atoms with E-state index in [0.717, 1.165) is 5.52 Å². The van der Waals surface area contributed by atoms with E-state index < -0.39 is 5.82 Å². The zero-order valence-electron chi connectivity index (χ0n) is 13.4. The van der Waals surface area contributed by atoms with Gasteiger partial charge < -0.3 is 4.57 Å². The van der Waals surface area contributed by atoms with Gasteiger partial charge in [0.15, 0.2) is 6.29 Å². The van der Waals surface area contributed by atoms with Gasteiger partial charge in [0.2, 0.25) is 0 Å². The summed E-state index contributed by atoms with van der Waals surface area (Å²) in [6.45, 7) is 0. The van der Waals surface area contributed by atoms with Crippen molar-refractivity contribution in [2.24, 2.45) is 0 Å². The molecule has 24 heavy (non-hydrogen) atoms. The lowest BCUT2D eigenvalue weighted by molar-refractivity contribution is 0.112. The number of halogens is 1. The molecule has 4 rings (SSSR count). The van der Waals surface area contributed by atoms with Gasteiger partial charge >= 0.3 is 0 Å². The summed E-state index contributed by atoms with van der Waals surface area (Å²) < 4.78 is 15.5. The van der Waals surface area contributed by atoms with Gasteiger partial charge in [0.1, 0.15) is 5.82 Å². The normalized spacial score (nSPS) is 15.7. The van der Waals surface area contributed by atoms with Crippen LogP contribution in [0, 0.1) is 5.82 Å². The molecule has 0 bridgehead atoms. The zero-order chi connectivity index (χ0) is 16.5. The second-order valence-corrected chi connectivity index (χ2v) is 6.50.